The molecule has 0 bridgehead atoms. The van der Waals surface area contributed by atoms with Crippen molar-refractivity contribution >= 4 is 9.84 Å². The van der Waals surface area contributed by atoms with Gasteiger partial charge in [-0.05, 0) is 74.6 Å². The fourth-order valence-corrected chi connectivity index (χ4v) is 4.41. The van der Waals surface area contributed by atoms with Gasteiger partial charge >= 0.3 is 0 Å². The van der Waals surface area contributed by atoms with Gasteiger partial charge in [0.25, 0.3) is 0 Å². The highest BCUT2D eigenvalue weighted by Crippen LogP contribution is 2.35. The van der Waals surface area contributed by atoms with Crippen LogP contribution in [0.1, 0.15) is 27.8 Å². The Kier molecular flexibility index (Phi) is 3.96. The van der Waals surface area contributed by atoms with Gasteiger partial charge < -0.3 is 10.2 Å². The Morgan fingerprint density at radius 3 is 1.91 bits per heavy atom. The van der Waals surface area contributed by atoms with Crippen molar-refractivity contribution in [2.75, 3.05) is 0 Å². The van der Waals surface area contributed by atoms with Crippen molar-refractivity contribution in [1.82, 2.24) is 0 Å². The minimum absolute atomic E-state index is 0.0472. The van der Waals surface area contributed by atoms with Gasteiger partial charge in [-0.2, -0.15) is 0 Å². The molecule has 22 heavy (non-hydrogen) atoms. The summed E-state index contributed by atoms with van der Waals surface area (Å²) >= 11 is 0. The van der Waals surface area contributed by atoms with E-state index in [1.165, 1.54) is 12.1 Å². The van der Waals surface area contributed by atoms with Gasteiger partial charge in [0.05, 0.1) is 9.79 Å². The first-order valence-corrected chi connectivity index (χ1v) is 8.40. The molecule has 0 spiro atoms. The molecule has 0 aromatic heterocycles. The number of phenolic OH excluding ortho intramolecular Hbond substituents is 2. The van der Waals surface area contributed by atoms with Crippen molar-refractivity contribution in [2.24, 2.45) is 0 Å². The van der Waals surface area contributed by atoms with E-state index < -0.39 is 9.84 Å². The van der Waals surface area contributed by atoms with Crippen molar-refractivity contribution in [3.8, 4) is 11.5 Å². The third-order valence-corrected chi connectivity index (χ3v) is 6.10. The van der Waals surface area contributed by atoms with Gasteiger partial charge in [0.15, 0.2) is 0 Å². The van der Waals surface area contributed by atoms with E-state index in [4.69, 9.17) is 0 Å². The molecule has 0 aliphatic carbocycles. The van der Waals surface area contributed by atoms with Crippen LogP contribution in [-0.2, 0) is 9.84 Å². The highest BCUT2D eigenvalue weighted by molar-refractivity contribution is 7.91. The highest BCUT2D eigenvalue weighted by atomic mass is 32.2. The molecule has 0 fully saturated rings. The predicted molar refractivity (Wildman–Crippen MR) is 85.4 cm³/mol. The van der Waals surface area contributed by atoms with Gasteiger partial charge in [0, 0.05) is 0 Å². The van der Waals surface area contributed by atoms with E-state index in [9.17, 15) is 18.6 Å². The Morgan fingerprint density at radius 2 is 1.32 bits per heavy atom. The summed E-state index contributed by atoms with van der Waals surface area (Å²) in [6, 6.07) is 4.41. The van der Waals surface area contributed by atoms with E-state index in [1.54, 1.807) is 40.7 Å². The Morgan fingerprint density at radius 1 is 0.727 bits per heavy atom. The second-order valence-electron chi connectivity index (χ2n) is 5.70. The first-order chi connectivity index (χ1) is 10.1. The summed E-state index contributed by atoms with van der Waals surface area (Å²) < 4.78 is 25.9. The van der Waals surface area contributed by atoms with Gasteiger partial charge in [-0.25, -0.2) is 8.42 Å². The molecular weight excluding hydrogens is 300 g/mol. The molecule has 0 aliphatic heterocycles. The first-order valence-electron chi connectivity index (χ1n) is 6.92. The number of rotatable bonds is 2. The van der Waals surface area contributed by atoms with Crippen LogP contribution in [0.25, 0.3) is 0 Å². The molecule has 0 aliphatic rings. The molecule has 2 rings (SSSR count). The van der Waals surface area contributed by atoms with E-state index in [0.717, 1.165) is 0 Å². The smallest absolute Gasteiger partial charge is 0.207 e. The average Bonchev–Trinajstić information content (AvgIpc) is 2.44. The number of hydrogen-bond acceptors (Lipinski definition) is 4. The number of phenols is 2. The molecule has 0 saturated heterocycles. The van der Waals surface area contributed by atoms with Crippen LogP contribution in [0.2, 0.25) is 0 Å². The fraction of sp³-hybridized carbons (Fsp3) is 0.294. The fourth-order valence-electron chi connectivity index (χ4n) is 2.54. The maximum absolute atomic E-state index is 13.0. The minimum Gasteiger partial charge on any atom is -0.508 e. The van der Waals surface area contributed by atoms with Gasteiger partial charge in [-0.3, -0.25) is 0 Å². The molecule has 5 heteroatoms. The minimum atomic E-state index is -3.77. The lowest BCUT2D eigenvalue weighted by Crippen LogP contribution is -2.08. The number of aromatic hydroxyl groups is 2. The monoisotopic (exact) mass is 320 g/mol. The largest absolute Gasteiger partial charge is 0.508 e. The number of hydrogen-bond donors (Lipinski definition) is 2. The summed E-state index contributed by atoms with van der Waals surface area (Å²) in [5.41, 5.74) is 2.79. The summed E-state index contributed by atoms with van der Waals surface area (Å²) in [6.07, 6.45) is 0. The first kappa shape index (κ1) is 16.4. The standard InChI is InChI=1S/C17H20O4S/c1-9-6-10(2)15(8-14(9)18)22(20,21)16-7-11(3)17(19)13(5)12(16)4/h6-8,18-19H,1-5H3. The predicted octanol–water partition coefficient (Wildman–Crippen LogP) is 3.47. The summed E-state index contributed by atoms with van der Waals surface area (Å²) in [6.45, 7) is 8.45. The van der Waals surface area contributed by atoms with Crippen molar-refractivity contribution in [2.45, 2.75) is 44.4 Å². The summed E-state index contributed by atoms with van der Waals surface area (Å²) in [7, 11) is -3.77. The van der Waals surface area contributed by atoms with Crippen LogP contribution >= 0.6 is 0 Å². The van der Waals surface area contributed by atoms with Gasteiger partial charge in [-0.1, -0.05) is 6.07 Å². The van der Waals surface area contributed by atoms with E-state index in [0.29, 0.717) is 27.8 Å². The second kappa shape index (κ2) is 5.32. The van der Waals surface area contributed by atoms with Crippen LogP contribution in [0.3, 0.4) is 0 Å². The SMILES string of the molecule is Cc1cc(C)c(S(=O)(=O)c2cc(C)c(O)c(C)c2C)cc1O. The second-order valence-corrected chi connectivity index (χ2v) is 7.58. The quantitative estimate of drug-likeness (QED) is 0.888. The Hall–Kier alpha value is -2.01. The number of sulfone groups is 1. The Bertz CT molecular complexity index is 865. The lowest BCUT2D eigenvalue weighted by molar-refractivity contribution is 0.465. The molecule has 2 N–H and O–H groups in total. The van der Waals surface area contributed by atoms with E-state index in [1.807, 2.05) is 0 Å². The van der Waals surface area contributed by atoms with E-state index in [-0.39, 0.29) is 21.3 Å². The van der Waals surface area contributed by atoms with Gasteiger partial charge in [0.2, 0.25) is 9.84 Å². The zero-order chi connectivity index (χ0) is 16.8. The molecule has 0 amide bonds. The maximum atomic E-state index is 13.0. The molecular formula is C17H20O4S. The molecule has 0 radical (unpaired) electrons. The van der Waals surface area contributed by atoms with Crippen molar-refractivity contribution in [3.05, 3.63) is 46.0 Å². The highest BCUT2D eigenvalue weighted by Gasteiger charge is 2.25. The topological polar surface area (TPSA) is 74.6 Å². The lowest BCUT2D eigenvalue weighted by atomic mass is 10.1. The summed E-state index contributed by atoms with van der Waals surface area (Å²) in [5.74, 6) is 0.0639. The third kappa shape index (κ3) is 2.46. The lowest BCUT2D eigenvalue weighted by Gasteiger charge is -2.15. The molecule has 2 aromatic rings. The maximum Gasteiger partial charge on any atom is 0.207 e. The van der Waals surface area contributed by atoms with E-state index in [2.05, 4.69) is 0 Å². The van der Waals surface area contributed by atoms with Crippen molar-refractivity contribution in [1.29, 1.82) is 0 Å². The van der Waals surface area contributed by atoms with Crippen LogP contribution in [0, 0.1) is 34.6 Å². The zero-order valence-electron chi connectivity index (χ0n) is 13.4. The van der Waals surface area contributed by atoms with Gasteiger partial charge in [-0.15, -0.1) is 0 Å². The summed E-state index contributed by atoms with van der Waals surface area (Å²) in [5, 5.41) is 19.8. The van der Waals surface area contributed by atoms with Crippen LogP contribution in [0.5, 0.6) is 11.5 Å². The zero-order valence-corrected chi connectivity index (χ0v) is 14.2. The Balaban J connectivity index is 2.80. The van der Waals surface area contributed by atoms with Crippen LogP contribution < -0.4 is 0 Å². The molecule has 0 saturated carbocycles. The number of benzene rings is 2. The average molecular weight is 320 g/mol. The summed E-state index contributed by atoms with van der Waals surface area (Å²) in [4.78, 5) is 0.245. The Labute approximate surface area is 131 Å². The van der Waals surface area contributed by atoms with Gasteiger partial charge in [0.1, 0.15) is 11.5 Å². The van der Waals surface area contributed by atoms with Crippen LogP contribution in [0.15, 0.2) is 28.0 Å². The van der Waals surface area contributed by atoms with Crippen LogP contribution in [0.4, 0.5) is 0 Å². The van der Waals surface area contributed by atoms with Crippen molar-refractivity contribution < 1.29 is 18.6 Å². The van der Waals surface area contributed by atoms with Crippen LogP contribution in [-0.4, -0.2) is 18.6 Å². The molecule has 4 nitrogen and oxygen atoms in total. The van der Waals surface area contributed by atoms with E-state index >= 15 is 0 Å². The normalized spacial score (nSPS) is 11.7. The molecule has 0 atom stereocenters. The molecule has 0 unspecified atom stereocenters. The molecule has 118 valence electrons. The molecule has 2 aromatic carbocycles. The van der Waals surface area contributed by atoms with Crippen molar-refractivity contribution in [3.63, 3.8) is 0 Å². The number of aryl methyl sites for hydroxylation is 3. The molecule has 0 heterocycles. The third-order valence-electron chi connectivity index (χ3n) is 4.08.